The third kappa shape index (κ3) is 6.28. The first-order chi connectivity index (χ1) is 19.2. The first-order valence-electron chi connectivity index (χ1n) is 14.0. The summed E-state index contributed by atoms with van der Waals surface area (Å²) < 4.78 is 10.9. The fourth-order valence-electron chi connectivity index (χ4n) is 5.26. The van der Waals surface area contributed by atoms with E-state index in [0.717, 1.165) is 65.1 Å². The molecule has 1 aromatic heterocycles. The molecule has 208 valence electrons. The molecule has 1 fully saturated rings. The van der Waals surface area contributed by atoms with Gasteiger partial charge in [-0.15, -0.1) is 0 Å². The lowest BCUT2D eigenvalue weighted by Crippen LogP contribution is -2.36. The van der Waals surface area contributed by atoms with Crippen molar-refractivity contribution < 1.29 is 14.3 Å². The monoisotopic (exact) mass is 537 g/mol. The van der Waals surface area contributed by atoms with Gasteiger partial charge in [0.2, 0.25) is 5.91 Å². The molecule has 4 aromatic rings. The van der Waals surface area contributed by atoms with E-state index in [9.17, 15) is 4.79 Å². The number of pyridine rings is 1. The van der Waals surface area contributed by atoms with Crippen LogP contribution in [0.3, 0.4) is 0 Å². The molecule has 0 saturated carbocycles. The second kappa shape index (κ2) is 11.7. The van der Waals surface area contributed by atoms with Gasteiger partial charge in [-0.1, -0.05) is 51.1 Å². The summed E-state index contributed by atoms with van der Waals surface area (Å²) in [6.07, 6.45) is 2.24. The van der Waals surface area contributed by atoms with Gasteiger partial charge in [0.15, 0.2) is 0 Å². The van der Waals surface area contributed by atoms with Gasteiger partial charge in [0.25, 0.3) is 0 Å². The van der Waals surface area contributed by atoms with Crippen molar-refractivity contribution in [3.63, 3.8) is 0 Å². The number of ether oxygens (including phenoxy) is 2. The molecule has 3 aromatic carbocycles. The molecule has 0 spiro atoms. The number of anilines is 2. The Bertz CT molecular complexity index is 1490. The van der Waals surface area contributed by atoms with Crippen LogP contribution in [0.1, 0.15) is 38.3 Å². The summed E-state index contributed by atoms with van der Waals surface area (Å²) in [6.45, 7) is 12.0. The number of aryl methyl sites for hydroxylation is 1. The Kier molecular flexibility index (Phi) is 8.08. The maximum atomic E-state index is 13.8. The van der Waals surface area contributed by atoms with E-state index in [1.807, 2.05) is 23.2 Å². The summed E-state index contributed by atoms with van der Waals surface area (Å²) in [7, 11) is 1.69. The van der Waals surface area contributed by atoms with Crippen molar-refractivity contribution in [1.82, 2.24) is 4.98 Å². The average molecular weight is 538 g/mol. The topological polar surface area (TPSA) is 54.9 Å². The maximum Gasteiger partial charge on any atom is 0.229 e. The molecule has 6 nitrogen and oxygen atoms in total. The highest BCUT2D eigenvalue weighted by atomic mass is 16.5. The molecule has 1 aliphatic rings. The molecule has 0 N–H and O–H groups in total. The molecule has 1 amide bonds. The van der Waals surface area contributed by atoms with E-state index in [4.69, 9.17) is 14.5 Å². The standard InChI is InChI=1S/C34H39N3O3/c1-24-20-27(10-13-31(24)39-5)26-8-6-25(7-9-26)23-37(32(38)22-34(2,3)4)33-30-12-11-29(21-28(30)14-15-35-33)36-16-18-40-19-17-36/h6-15,20-21H,16-19,22-23H2,1-5H3. The molecule has 0 unspecified atom stereocenters. The average Bonchev–Trinajstić information content (AvgIpc) is 2.95. The van der Waals surface area contributed by atoms with Crippen LogP contribution >= 0.6 is 0 Å². The summed E-state index contributed by atoms with van der Waals surface area (Å²) in [5, 5.41) is 2.06. The Morgan fingerprint density at radius 1 is 0.975 bits per heavy atom. The zero-order valence-corrected chi connectivity index (χ0v) is 24.2. The normalized spacial score (nSPS) is 13.9. The molecule has 1 saturated heterocycles. The molecule has 5 rings (SSSR count). The third-order valence-electron chi connectivity index (χ3n) is 7.36. The van der Waals surface area contributed by atoms with Gasteiger partial charge in [-0.2, -0.15) is 0 Å². The fraction of sp³-hybridized carbons (Fsp3) is 0.353. The number of amides is 1. The molecule has 1 aliphatic heterocycles. The summed E-state index contributed by atoms with van der Waals surface area (Å²) in [4.78, 5) is 22.7. The summed E-state index contributed by atoms with van der Waals surface area (Å²) in [6, 6.07) is 23.1. The van der Waals surface area contributed by atoms with E-state index in [-0.39, 0.29) is 11.3 Å². The maximum absolute atomic E-state index is 13.8. The van der Waals surface area contributed by atoms with Gasteiger partial charge in [0, 0.05) is 36.8 Å². The number of benzene rings is 3. The van der Waals surface area contributed by atoms with Crippen LogP contribution in [0.15, 0.2) is 72.9 Å². The van der Waals surface area contributed by atoms with Crippen LogP contribution < -0.4 is 14.5 Å². The number of aromatic nitrogens is 1. The summed E-state index contributed by atoms with van der Waals surface area (Å²) >= 11 is 0. The van der Waals surface area contributed by atoms with Gasteiger partial charge in [-0.05, 0) is 76.4 Å². The second-order valence-electron chi connectivity index (χ2n) is 11.7. The van der Waals surface area contributed by atoms with Gasteiger partial charge in [0.05, 0.1) is 26.9 Å². The zero-order valence-electron chi connectivity index (χ0n) is 24.2. The number of hydrogen-bond acceptors (Lipinski definition) is 5. The van der Waals surface area contributed by atoms with E-state index in [0.29, 0.717) is 18.8 Å². The lowest BCUT2D eigenvalue weighted by atomic mass is 9.91. The highest BCUT2D eigenvalue weighted by Gasteiger charge is 2.25. The SMILES string of the molecule is COc1ccc(-c2ccc(CN(C(=O)CC(C)(C)C)c3nccc4cc(N5CCOCC5)ccc34)cc2)cc1C. The van der Waals surface area contributed by atoms with Gasteiger partial charge in [-0.25, -0.2) is 4.98 Å². The van der Waals surface area contributed by atoms with E-state index in [2.05, 4.69) is 87.2 Å². The van der Waals surface area contributed by atoms with Gasteiger partial charge in [0.1, 0.15) is 11.6 Å². The third-order valence-corrected chi connectivity index (χ3v) is 7.36. The Hall–Kier alpha value is -3.90. The van der Waals surface area contributed by atoms with E-state index >= 15 is 0 Å². The smallest absolute Gasteiger partial charge is 0.229 e. The van der Waals surface area contributed by atoms with Crippen molar-refractivity contribution in [2.75, 3.05) is 43.2 Å². The van der Waals surface area contributed by atoms with Crippen molar-refractivity contribution in [1.29, 1.82) is 0 Å². The molecular formula is C34H39N3O3. The van der Waals surface area contributed by atoms with Crippen LogP contribution in [-0.4, -0.2) is 44.3 Å². The Morgan fingerprint density at radius 2 is 1.70 bits per heavy atom. The van der Waals surface area contributed by atoms with Crippen molar-refractivity contribution >= 4 is 28.2 Å². The molecule has 2 heterocycles. The van der Waals surface area contributed by atoms with Gasteiger partial charge >= 0.3 is 0 Å². The molecule has 6 heteroatoms. The largest absolute Gasteiger partial charge is 0.496 e. The number of rotatable bonds is 7. The lowest BCUT2D eigenvalue weighted by Gasteiger charge is -2.30. The molecule has 0 aliphatic carbocycles. The Labute approximate surface area is 237 Å². The number of morpholine rings is 1. The van der Waals surface area contributed by atoms with E-state index in [1.165, 1.54) is 5.69 Å². The molecule has 40 heavy (non-hydrogen) atoms. The van der Waals surface area contributed by atoms with Crippen LogP contribution in [0.2, 0.25) is 0 Å². The Morgan fingerprint density at radius 3 is 2.38 bits per heavy atom. The zero-order chi connectivity index (χ0) is 28.3. The van der Waals surface area contributed by atoms with Crippen molar-refractivity contribution in [2.24, 2.45) is 5.41 Å². The number of carbonyl (C=O) groups is 1. The van der Waals surface area contributed by atoms with Crippen LogP contribution in [0, 0.1) is 12.3 Å². The summed E-state index contributed by atoms with van der Waals surface area (Å²) in [5.41, 5.74) is 5.45. The van der Waals surface area contributed by atoms with E-state index in [1.54, 1.807) is 7.11 Å². The van der Waals surface area contributed by atoms with E-state index < -0.39 is 0 Å². The quantitative estimate of drug-likeness (QED) is 0.253. The number of carbonyl (C=O) groups excluding carboxylic acids is 1. The van der Waals surface area contributed by atoms with Gasteiger partial charge < -0.3 is 14.4 Å². The summed E-state index contributed by atoms with van der Waals surface area (Å²) in [5.74, 6) is 1.66. The van der Waals surface area contributed by atoms with Crippen LogP contribution in [0.25, 0.3) is 21.9 Å². The molecule has 0 bridgehead atoms. The van der Waals surface area contributed by atoms with Crippen molar-refractivity contribution in [3.05, 3.63) is 84.1 Å². The number of hydrogen-bond donors (Lipinski definition) is 0. The second-order valence-corrected chi connectivity index (χ2v) is 11.7. The first kappa shape index (κ1) is 27.7. The van der Waals surface area contributed by atoms with Crippen LogP contribution in [0.5, 0.6) is 5.75 Å². The van der Waals surface area contributed by atoms with Crippen LogP contribution in [0.4, 0.5) is 11.5 Å². The first-order valence-corrected chi connectivity index (χ1v) is 14.0. The molecule has 0 atom stereocenters. The van der Waals surface area contributed by atoms with Crippen molar-refractivity contribution in [2.45, 2.75) is 40.7 Å². The lowest BCUT2D eigenvalue weighted by molar-refractivity contribution is -0.120. The minimum absolute atomic E-state index is 0.0691. The number of nitrogens with zero attached hydrogens (tertiary/aromatic N) is 3. The minimum Gasteiger partial charge on any atom is -0.496 e. The highest BCUT2D eigenvalue weighted by molar-refractivity contribution is 6.03. The molecular weight excluding hydrogens is 498 g/mol. The van der Waals surface area contributed by atoms with Crippen molar-refractivity contribution in [3.8, 4) is 16.9 Å². The van der Waals surface area contributed by atoms with Gasteiger partial charge in [-0.3, -0.25) is 9.69 Å². The number of fused-ring (bicyclic) bond motifs is 1. The predicted molar refractivity (Wildman–Crippen MR) is 163 cm³/mol. The van der Waals surface area contributed by atoms with Crippen LogP contribution in [-0.2, 0) is 16.1 Å². The molecule has 0 radical (unpaired) electrons. The fourth-order valence-corrected chi connectivity index (χ4v) is 5.26. The highest BCUT2D eigenvalue weighted by Crippen LogP contribution is 2.32. The Balaban J connectivity index is 1.46. The predicted octanol–water partition coefficient (Wildman–Crippen LogP) is 7.02. The minimum atomic E-state index is -0.139. The number of methoxy groups -OCH3 is 1.